The Balaban J connectivity index is 2.85. The van der Waals surface area contributed by atoms with Crippen LogP contribution in [0.3, 0.4) is 0 Å². The maximum Gasteiger partial charge on any atom is 0.0349 e. The van der Waals surface area contributed by atoms with Crippen molar-refractivity contribution in [1.29, 1.82) is 0 Å². The predicted octanol–water partition coefficient (Wildman–Crippen LogP) is 1.79. The van der Waals surface area contributed by atoms with Crippen LogP contribution in [0.15, 0.2) is 23.4 Å². The van der Waals surface area contributed by atoms with Crippen molar-refractivity contribution in [3.63, 3.8) is 0 Å². The summed E-state index contributed by atoms with van der Waals surface area (Å²) in [4.78, 5) is 0. The molecular formula is C11H20N2. The van der Waals surface area contributed by atoms with Crippen LogP contribution < -0.4 is 11.1 Å². The lowest BCUT2D eigenvalue weighted by molar-refractivity contribution is 0.343. The second-order valence-corrected chi connectivity index (χ2v) is 4.50. The van der Waals surface area contributed by atoms with Crippen molar-refractivity contribution in [3.8, 4) is 0 Å². The van der Waals surface area contributed by atoms with E-state index in [1.54, 1.807) is 0 Å². The van der Waals surface area contributed by atoms with E-state index >= 15 is 0 Å². The van der Waals surface area contributed by atoms with E-state index < -0.39 is 0 Å². The summed E-state index contributed by atoms with van der Waals surface area (Å²) >= 11 is 0. The maximum absolute atomic E-state index is 6.15. The molecule has 0 unspecified atom stereocenters. The lowest BCUT2D eigenvalue weighted by Crippen LogP contribution is -2.34. The van der Waals surface area contributed by atoms with Crippen LogP contribution in [0.4, 0.5) is 0 Å². The molecule has 0 aliphatic heterocycles. The summed E-state index contributed by atoms with van der Waals surface area (Å²) in [5, 5.41) is 2.99. The van der Waals surface area contributed by atoms with E-state index in [2.05, 4.69) is 32.2 Å². The molecule has 1 aliphatic rings. The van der Waals surface area contributed by atoms with Crippen LogP contribution in [0.2, 0.25) is 0 Å². The fourth-order valence-electron chi connectivity index (χ4n) is 2.00. The molecule has 1 rings (SSSR count). The minimum absolute atomic E-state index is 0.178. The zero-order chi connectivity index (χ0) is 10.1. The highest BCUT2D eigenvalue weighted by atomic mass is 14.8. The maximum atomic E-state index is 6.15. The Labute approximate surface area is 80.9 Å². The first-order valence-corrected chi connectivity index (χ1v) is 4.78. The molecule has 3 N–H and O–H groups in total. The molecule has 0 aromatic heterocycles. The van der Waals surface area contributed by atoms with Crippen molar-refractivity contribution in [2.24, 2.45) is 11.1 Å². The summed E-state index contributed by atoms with van der Waals surface area (Å²) in [5.41, 5.74) is 9.08. The van der Waals surface area contributed by atoms with Crippen molar-refractivity contribution in [2.75, 3.05) is 7.05 Å². The van der Waals surface area contributed by atoms with Crippen LogP contribution in [-0.2, 0) is 0 Å². The zero-order valence-corrected chi connectivity index (χ0v) is 9.02. The van der Waals surface area contributed by atoms with Crippen molar-refractivity contribution in [2.45, 2.75) is 33.2 Å². The Hall–Kier alpha value is -0.760. The summed E-state index contributed by atoms with van der Waals surface area (Å²) < 4.78 is 0. The number of rotatable bonds is 2. The molecule has 2 nitrogen and oxygen atoms in total. The number of nitrogens with one attached hydrogen (secondary N) is 1. The first kappa shape index (κ1) is 10.3. The standard InChI is InChI=1S/C11H20N2/c1-8-7-11(2,3)10(12)9(8)5-6-13-4/h5-6,10,13H,7,12H2,1-4H3/b6-5-/t10-/m1/s1. The Morgan fingerprint density at radius 3 is 2.54 bits per heavy atom. The van der Waals surface area contributed by atoms with Gasteiger partial charge >= 0.3 is 0 Å². The molecule has 0 amide bonds. The summed E-state index contributed by atoms with van der Waals surface area (Å²) in [5.74, 6) is 0. The smallest absolute Gasteiger partial charge is 0.0349 e. The van der Waals surface area contributed by atoms with Gasteiger partial charge in [0.2, 0.25) is 0 Å². The highest BCUT2D eigenvalue weighted by Crippen LogP contribution is 2.40. The molecule has 74 valence electrons. The molecule has 0 aromatic rings. The van der Waals surface area contributed by atoms with E-state index in [-0.39, 0.29) is 11.5 Å². The van der Waals surface area contributed by atoms with E-state index in [9.17, 15) is 0 Å². The van der Waals surface area contributed by atoms with Crippen LogP contribution in [0.5, 0.6) is 0 Å². The fourth-order valence-corrected chi connectivity index (χ4v) is 2.00. The van der Waals surface area contributed by atoms with Gasteiger partial charge in [-0.25, -0.2) is 0 Å². The molecule has 0 radical (unpaired) electrons. The van der Waals surface area contributed by atoms with Gasteiger partial charge in [-0.15, -0.1) is 0 Å². The topological polar surface area (TPSA) is 38.0 Å². The average Bonchev–Trinajstić information content (AvgIpc) is 2.21. The van der Waals surface area contributed by atoms with Gasteiger partial charge in [-0.05, 0) is 36.6 Å². The highest BCUT2D eigenvalue weighted by Gasteiger charge is 2.35. The second-order valence-electron chi connectivity index (χ2n) is 4.50. The van der Waals surface area contributed by atoms with Crippen molar-refractivity contribution < 1.29 is 0 Å². The van der Waals surface area contributed by atoms with Crippen molar-refractivity contribution in [3.05, 3.63) is 23.4 Å². The lowest BCUT2D eigenvalue weighted by Gasteiger charge is -2.24. The van der Waals surface area contributed by atoms with Crippen LogP contribution in [-0.4, -0.2) is 13.1 Å². The summed E-state index contributed by atoms with van der Waals surface area (Å²) in [6, 6.07) is 0.178. The van der Waals surface area contributed by atoms with E-state index in [1.807, 2.05) is 13.2 Å². The summed E-state index contributed by atoms with van der Waals surface area (Å²) in [6.07, 6.45) is 5.15. The first-order valence-electron chi connectivity index (χ1n) is 4.78. The lowest BCUT2D eigenvalue weighted by atomic mass is 9.85. The SMILES string of the molecule is CN/C=C\C1=C(C)CC(C)(C)[C@@H]1N. The molecule has 1 atom stereocenters. The minimum Gasteiger partial charge on any atom is -0.394 e. The molecule has 0 spiro atoms. The highest BCUT2D eigenvalue weighted by molar-refractivity contribution is 5.37. The van der Waals surface area contributed by atoms with Crippen LogP contribution in [0.25, 0.3) is 0 Å². The molecule has 0 saturated heterocycles. The van der Waals surface area contributed by atoms with Gasteiger partial charge in [-0.2, -0.15) is 0 Å². The van der Waals surface area contributed by atoms with Crippen LogP contribution >= 0.6 is 0 Å². The van der Waals surface area contributed by atoms with Gasteiger partial charge in [-0.3, -0.25) is 0 Å². The van der Waals surface area contributed by atoms with E-state index in [4.69, 9.17) is 5.73 Å². The third-order valence-electron chi connectivity index (χ3n) is 2.82. The fraction of sp³-hybridized carbons (Fsp3) is 0.636. The van der Waals surface area contributed by atoms with Gasteiger partial charge in [0.25, 0.3) is 0 Å². The van der Waals surface area contributed by atoms with Crippen LogP contribution in [0.1, 0.15) is 27.2 Å². The van der Waals surface area contributed by atoms with Crippen molar-refractivity contribution >= 4 is 0 Å². The predicted molar refractivity (Wildman–Crippen MR) is 57.3 cm³/mol. The summed E-state index contributed by atoms with van der Waals surface area (Å²) in [6.45, 7) is 6.62. The molecule has 0 heterocycles. The molecule has 2 heteroatoms. The van der Waals surface area contributed by atoms with Crippen LogP contribution in [0, 0.1) is 5.41 Å². The molecule has 0 saturated carbocycles. The summed E-state index contributed by atoms with van der Waals surface area (Å²) in [7, 11) is 1.90. The Kier molecular flexibility index (Phi) is 2.81. The van der Waals surface area contributed by atoms with Gasteiger partial charge in [0.1, 0.15) is 0 Å². The second kappa shape index (κ2) is 3.54. The Morgan fingerprint density at radius 1 is 1.54 bits per heavy atom. The minimum atomic E-state index is 0.178. The Bertz CT molecular complexity index is 249. The molecule has 0 bridgehead atoms. The number of hydrogen-bond acceptors (Lipinski definition) is 2. The molecule has 0 aromatic carbocycles. The quantitative estimate of drug-likeness (QED) is 0.680. The normalized spacial score (nSPS) is 27.3. The largest absolute Gasteiger partial charge is 0.394 e. The van der Waals surface area contributed by atoms with Gasteiger partial charge in [0.05, 0.1) is 0 Å². The van der Waals surface area contributed by atoms with E-state index in [0.29, 0.717) is 0 Å². The number of allylic oxidation sites excluding steroid dienone is 1. The van der Waals surface area contributed by atoms with Gasteiger partial charge in [-0.1, -0.05) is 19.4 Å². The van der Waals surface area contributed by atoms with Gasteiger partial charge in [0, 0.05) is 13.1 Å². The van der Waals surface area contributed by atoms with E-state index in [0.717, 1.165) is 6.42 Å². The van der Waals surface area contributed by atoms with Gasteiger partial charge < -0.3 is 11.1 Å². The monoisotopic (exact) mass is 180 g/mol. The van der Waals surface area contributed by atoms with E-state index in [1.165, 1.54) is 11.1 Å². The third kappa shape index (κ3) is 1.94. The van der Waals surface area contributed by atoms with Crippen molar-refractivity contribution in [1.82, 2.24) is 5.32 Å². The number of hydrogen-bond donors (Lipinski definition) is 2. The third-order valence-corrected chi connectivity index (χ3v) is 2.82. The van der Waals surface area contributed by atoms with Gasteiger partial charge in [0.15, 0.2) is 0 Å². The molecular weight excluding hydrogens is 160 g/mol. The molecule has 1 aliphatic carbocycles. The zero-order valence-electron chi connectivity index (χ0n) is 9.02. The Morgan fingerprint density at radius 2 is 2.15 bits per heavy atom. The first-order chi connectivity index (χ1) is 5.99. The average molecular weight is 180 g/mol. The molecule has 13 heavy (non-hydrogen) atoms. The molecule has 0 fully saturated rings. The number of nitrogens with two attached hydrogens (primary N) is 1.